The van der Waals surface area contributed by atoms with E-state index in [9.17, 15) is 9.90 Å². The number of hydrogen-bond donors (Lipinski definition) is 1. The van der Waals surface area contributed by atoms with Gasteiger partial charge in [0.25, 0.3) is 5.91 Å². The standard InChI is InChI=1S/C14H13NO2/c1-14(17)12-5-3-2-4-11(12)13(16)15(14)9-8-10-6-7-10/h2-5,10,17H,6-7H2,1H3. The first-order valence-corrected chi connectivity index (χ1v) is 5.78. The summed E-state index contributed by atoms with van der Waals surface area (Å²) in [5.74, 6) is 3.21. The monoisotopic (exact) mass is 227 g/mol. The molecule has 1 unspecified atom stereocenters. The number of aliphatic hydroxyl groups is 1. The van der Waals surface area contributed by atoms with E-state index < -0.39 is 5.72 Å². The van der Waals surface area contributed by atoms with Crippen LogP contribution in [0.25, 0.3) is 0 Å². The van der Waals surface area contributed by atoms with Crippen molar-refractivity contribution in [2.45, 2.75) is 25.5 Å². The molecular formula is C14H13NO2. The maximum Gasteiger partial charge on any atom is 0.268 e. The maximum atomic E-state index is 12.1. The Kier molecular flexibility index (Phi) is 2.04. The number of fused-ring (bicyclic) bond motifs is 1. The minimum Gasteiger partial charge on any atom is -0.366 e. The van der Waals surface area contributed by atoms with Gasteiger partial charge in [0, 0.05) is 23.1 Å². The molecule has 1 aliphatic carbocycles. The summed E-state index contributed by atoms with van der Waals surface area (Å²) in [4.78, 5) is 13.4. The molecule has 1 aromatic rings. The summed E-state index contributed by atoms with van der Waals surface area (Å²) < 4.78 is 0. The highest BCUT2D eigenvalue weighted by Crippen LogP contribution is 2.36. The molecule has 3 rings (SSSR count). The number of hydrogen-bond acceptors (Lipinski definition) is 2. The summed E-state index contributed by atoms with van der Waals surface area (Å²) >= 11 is 0. The third-order valence-electron chi connectivity index (χ3n) is 3.26. The molecule has 0 aromatic heterocycles. The normalized spacial score (nSPS) is 26.5. The molecule has 1 atom stereocenters. The van der Waals surface area contributed by atoms with Crippen LogP contribution in [0.2, 0.25) is 0 Å². The average Bonchev–Trinajstić information content (AvgIpc) is 3.10. The van der Waals surface area contributed by atoms with Gasteiger partial charge < -0.3 is 5.11 Å². The van der Waals surface area contributed by atoms with Gasteiger partial charge in [0.1, 0.15) is 0 Å². The molecule has 3 heteroatoms. The predicted octanol–water partition coefficient (Wildman–Crippen LogP) is 1.68. The smallest absolute Gasteiger partial charge is 0.268 e. The molecule has 0 saturated heterocycles. The molecule has 0 spiro atoms. The minimum absolute atomic E-state index is 0.209. The second-order valence-electron chi connectivity index (χ2n) is 4.74. The first-order chi connectivity index (χ1) is 8.10. The quantitative estimate of drug-likeness (QED) is 0.685. The topological polar surface area (TPSA) is 40.5 Å². The zero-order valence-electron chi connectivity index (χ0n) is 9.60. The van der Waals surface area contributed by atoms with Crippen molar-refractivity contribution in [3.8, 4) is 12.0 Å². The Balaban J connectivity index is 2.04. The van der Waals surface area contributed by atoms with E-state index in [0.29, 0.717) is 17.0 Å². The van der Waals surface area contributed by atoms with Crippen LogP contribution < -0.4 is 0 Å². The van der Waals surface area contributed by atoms with Gasteiger partial charge in [-0.25, -0.2) is 4.90 Å². The van der Waals surface area contributed by atoms with Gasteiger partial charge in [0.2, 0.25) is 0 Å². The highest BCUT2D eigenvalue weighted by atomic mass is 16.3. The molecule has 1 N–H and O–H groups in total. The second-order valence-corrected chi connectivity index (χ2v) is 4.74. The molecule has 0 radical (unpaired) electrons. The van der Waals surface area contributed by atoms with Gasteiger partial charge in [-0.15, -0.1) is 0 Å². The van der Waals surface area contributed by atoms with Gasteiger partial charge in [0.05, 0.1) is 0 Å². The van der Waals surface area contributed by atoms with E-state index in [0.717, 1.165) is 12.8 Å². The molecule has 1 aromatic carbocycles. The lowest BCUT2D eigenvalue weighted by Gasteiger charge is -2.25. The van der Waals surface area contributed by atoms with Crippen LogP contribution in [-0.2, 0) is 5.72 Å². The fourth-order valence-corrected chi connectivity index (χ4v) is 2.06. The van der Waals surface area contributed by atoms with Gasteiger partial charge in [-0.3, -0.25) is 4.79 Å². The van der Waals surface area contributed by atoms with Crippen LogP contribution in [0.3, 0.4) is 0 Å². The number of carbonyl (C=O) groups excluding carboxylic acids is 1. The number of nitrogens with zero attached hydrogens (tertiary/aromatic N) is 1. The number of carbonyl (C=O) groups is 1. The van der Waals surface area contributed by atoms with Crippen LogP contribution in [0.5, 0.6) is 0 Å². The van der Waals surface area contributed by atoms with Gasteiger partial charge >= 0.3 is 0 Å². The molecule has 0 bridgehead atoms. The van der Waals surface area contributed by atoms with E-state index in [1.165, 1.54) is 4.90 Å². The molecule has 1 saturated carbocycles. The summed E-state index contributed by atoms with van der Waals surface area (Å²) in [6, 6.07) is 9.93. The molecule has 3 nitrogen and oxygen atoms in total. The number of amides is 1. The van der Waals surface area contributed by atoms with Gasteiger partial charge in [-0.2, -0.15) is 0 Å². The van der Waals surface area contributed by atoms with Crippen LogP contribution in [0.15, 0.2) is 24.3 Å². The Morgan fingerprint density at radius 2 is 2.12 bits per heavy atom. The summed E-state index contributed by atoms with van der Waals surface area (Å²) in [7, 11) is 0. The number of benzene rings is 1. The Morgan fingerprint density at radius 1 is 1.41 bits per heavy atom. The highest BCUT2D eigenvalue weighted by molar-refractivity contribution is 6.00. The SMILES string of the molecule is CC1(O)c2ccccc2C(=O)N1C#CC1CC1. The Morgan fingerprint density at radius 3 is 2.76 bits per heavy atom. The largest absolute Gasteiger partial charge is 0.366 e. The lowest BCUT2D eigenvalue weighted by molar-refractivity contribution is -0.0396. The first kappa shape index (κ1) is 10.4. The van der Waals surface area contributed by atoms with Crippen molar-refractivity contribution >= 4 is 5.91 Å². The van der Waals surface area contributed by atoms with E-state index in [2.05, 4.69) is 12.0 Å². The fourth-order valence-electron chi connectivity index (χ4n) is 2.06. The fraction of sp³-hybridized carbons (Fsp3) is 0.357. The zero-order chi connectivity index (χ0) is 12.0. The van der Waals surface area contributed by atoms with Crippen LogP contribution in [0, 0.1) is 17.9 Å². The van der Waals surface area contributed by atoms with Crippen molar-refractivity contribution in [3.05, 3.63) is 35.4 Å². The van der Waals surface area contributed by atoms with E-state index in [4.69, 9.17) is 0 Å². The van der Waals surface area contributed by atoms with Crippen LogP contribution in [0.1, 0.15) is 35.7 Å². The molecule has 86 valence electrons. The molecule has 1 fully saturated rings. The third kappa shape index (κ3) is 1.53. The van der Waals surface area contributed by atoms with E-state index in [-0.39, 0.29) is 5.91 Å². The van der Waals surface area contributed by atoms with Crippen molar-refractivity contribution in [2.24, 2.45) is 5.92 Å². The summed E-state index contributed by atoms with van der Waals surface area (Å²) in [6.07, 6.45) is 2.20. The Labute approximate surface area is 100 Å². The first-order valence-electron chi connectivity index (χ1n) is 5.78. The summed E-state index contributed by atoms with van der Waals surface area (Å²) in [5.41, 5.74) is -0.132. The number of rotatable bonds is 0. The lowest BCUT2D eigenvalue weighted by atomic mass is 10.0. The van der Waals surface area contributed by atoms with Crippen LogP contribution in [0.4, 0.5) is 0 Å². The molecule has 2 aliphatic rings. The highest BCUT2D eigenvalue weighted by Gasteiger charge is 2.44. The van der Waals surface area contributed by atoms with Crippen molar-refractivity contribution in [2.75, 3.05) is 0 Å². The van der Waals surface area contributed by atoms with E-state index in [1.54, 1.807) is 25.1 Å². The Bertz CT molecular complexity index is 547. The molecule has 1 aliphatic heterocycles. The molecule has 1 amide bonds. The van der Waals surface area contributed by atoms with Crippen LogP contribution in [-0.4, -0.2) is 15.9 Å². The zero-order valence-corrected chi connectivity index (χ0v) is 9.60. The van der Waals surface area contributed by atoms with Crippen molar-refractivity contribution in [1.29, 1.82) is 0 Å². The summed E-state index contributed by atoms with van der Waals surface area (Å²) in [6.45, 7) is 1.61. The molecule has 17 heavy (non-hydrogen) atoms. The van der Waals surface area contributed by atoms with Gasteiger partial charge in [-0.1, -0.05) is 24.1 Å². The van der Waals surface area contributed by atoms with Crippen LogP contribution >= 0.6 is 0 Å². The maximum absolute atomic E-state index is 12.1. The van der Waals surface area contributed by atoms with Gasteiger partial charge in [0.15, 0.2) is 5.72 Å². The van der Waals surface area contributed by atoms with Crippen molar-refractivity contribution in [3.63, 3.8) is 0 Å². The predicted molar refractivity (Wildman–Crippen MR) is 62.7 cm³/mol. The molecular weight excluding hydrogens is 214 g/mol. The second kappa shape index (κ2) is 3.35. The molecule has 1 heterocycles. The van der Waals surface area contributed by atoms with E-state index in [1.807, 2.05) is 6.07 Å². The Hall–Kier alpha value is -1.79. The lowest BCUT2D eigenvalue weighted by Crippen LogP contribution is -2.37. The van der Waals surface area contributed by atoms with Crippen molar-refractivity contribution in [1.82, 2.24) is 4.90 Å². The van der Waals surface area contributed by atoms with Crippen molar-refractivity contribution < 1.29 is 9.90 Å². The average molecular weight is 227 g/mol. The minimum atomic E-state index is -1.31. The third-order valence-corrected chi connectivity index (χ3v) is 3.26. The summed E-state index contributed by atoms with van der Waals surface area (Å²) in [5, 5.41) is 10.4. The van der Waals surface area contributed by atoms with Gasteiger partial charge in [-0.05, 0) is 25.8 Å². The van der Waals surface area contributed by atoms with E-state index >= 15 is 0 Å².